The highest BCUT2D eigenvalue weighted by atomic mass is 32.2. The first-order valence-electron chi connectivity index (χ1n) is 14.3. The molecule has 0 unspecified atom stereocenters. The highest BCUT2D eigenvalue weighted by molar-refractivity contribution is 7.88. The van der Waals surface area contributed by atoms with Gasteiger partial charge in [-0.15, -0.1) is 0 Å². The molecule has 3 aromatic carbocycles. The lowest BCUT2D eigenvalue weighted by atomic mass is 10.0. The summed E-state index contributed by atoms with van der Waals surface area (Å²) in [6.07, 6.45) is 1.28. The molecule has 0 spiro atoms. The average molecular weight is 611 g/mol. The van der Waals surface area contributed by atoms with Crippen molar-refractivity contribution < 1.29 is 27.1 Å². The molecule has 1 atom stereocenters. The van der Waals surface area contributed by atoms with Gasteiger partial charge in [0.1, 0.15) is 11.9 Å². The van der Waals surface area contributed by atoms with Crippen molar-refractivity contribution in [3.8, 4) is 0 Å². The van der Waals surface area contributed by atoms with Gasteiger partial charge in [-0.3, -0.25) is 14.5 Å². The third-order valence-electron chi connectivity index (χ3n) is 7.35. The van der Waals surface area contributed by atoms with Crippen LogP contribution >= 0.6 is 0 Å². The lowest BCUT2D eigenvalue weighted by Gasteiger charge is -2.33. The summed E-state index contributed by atoms with van der Waals surface area (Å²) >= 11 is 0. The summed E-state index contributed by atoms with van der Waals surface area (Å²) < 4.78 is 45.8. The van der Waals surface area contributed by atoms with Crippen LogP contribution in [0.2, 0.25) is 0 Å². The van der Waals surface area contributed by atoms with E-state index in [2.05, 4.69) is 10.2 Å². The van der Waals surface area contributed by atoms with Gasteiger partial charge in [-0.25, -0.2) is 12.8 Å². The Hall–Kier alpha value is -3.64. The van der Waals surface area contributed by atoms with Crippen LogP contribution in [0.5, 0.6) is 0 Å². The van der Waals surface area contributed by atoms with Crippen LogP contribution in [0.4, 0.5) is 4.39 Å². The van der Waals surface area contributed by atoms with Crippen LogP contribution in [0.25, 0.3) is 0 Å². The first-order chi connectivity index (χ1) is 20.7. The smallest absolute Gasteiger partial charge is 0.243 e. The van der Waals surface area contributed by atoms with Crippen molar-refractivity contribution in [2.24, 2.45) is 0 Å². The maximum absolute atomic E-state index is 14.1. The zero-order valence-corrected chi connectivity index (χ0v) is 25.2. The Morgan fingerprint density at radius 1 is 0.884 bits per heavy atom. The quantitative estimate of drug-likeness (QED) is 0.302. The van der Waals surface area contributed by atoms with Gasteiger partial charge in [-0.05, 0) is 28.8 Å². The molecule has 4 rings (SSSR count). The van der Waals surface area contributed by atoms with E-state index in [1.165, 1.54) is 17.0 Å². The number of nitrogens with one attached hydrogen (secondary N) is 1. The van der Waals surface area contributed by atoms with Crippen molar-refractivity contribution in [1.29, 1.82) is 0 Å². The molecule has 0 aromatic heterocycles. The molecule has 1 fully saturated rings. The molecule has 0 saturated carbocycles. The number of hydrogen-bond acceptors (Lipinski definition) is 6. The summed E-state index contributed by atoms with van der Waals surface area (Å²) in [5.41, 5.74) is 2.19. The molecule has 3 aromatic rings. The Morgan fingerprint density at radius 3 is 2.07 bits per heavy atom. The average Bonchev–Trinajstić information content (AvgIpc) is 3.00. The van der Waals surface area contributed by atoms with E-state index in [1.807, 2.05) is 36.4 Å². The molecular weight excluding hydrogens is 571 g/mol. The van der Waals surface area contributed by atoms with Crippen LogP contribution in [-0.2, 0) is 43.9 Å². The van der Waals surface area contributed by atoms with E-state index in [9.17, 15) is 22.4 Å². The van der Waals surface area contributed by atoms with E-state index in [1.54, 1.807) is 36.4 Å². The van der Waals surface area contributed by atoms with Gasteiger partial charge in [0.05, 0.1) is 26.0 Å². The van der Waals surface area contributed by atoms with Crippen molar-refractivity contribution in [3.05, 3.63) is 107 Å². The highest BCUT2D eigenvalue weighted by Gasteiger charge is 2.33. The molecule has 230 valence electrons. The molecule has 1 saturated heterocycles. The van der Waals surface area contributed by atoms with Crippen LogP contribution in [0, 0.1) is 5.82 Å². The maximum atomic E-state index is 14.1. The molecule has 0 aliphatic carbocycles. The summed E-state index contributed by atoms with van der Waals surface area (Å²) in [7, 11) is -3.78. The second-order valence-corrected chi connectivity index (χ2v) is 12.6. The van der Waals surface area contributed by atoms with Crippen molar-refractivity contribution >= 4 is 21.8 Å². The summed E-state index contributed by atoms with van der Waals surface area (Å²) in [6.45, 7) is 3.41. The van der Waals surface area contributed by atoms with Crippen molar-refractivity contribution in [2.75, 3.05) is 52.2 Å². The lowest BCUT2D eigenvalue weighted by Crippen LogP contribution is -2.54. The molecule has 43 heavy (non-hydrogen) atoms. The zero-order valence-electron chi connectivity index (χ0n) is 24.4. The van der Waals surface area contributed by atoms with Crippen molar-refractivity contribution in [3.63, 3.8) is 0 Å². The molecule has 0 radical (unpaired) electrons. The van der Waals surface area contributed by atoms with Crippen LogP contribution in [0.1, 0.15) is 16.7 Å². The van der Waals surface area contributed by atoms with Crippen LogP contribution < -0.4 is 5.32 Å². The number of nitrogens with zero attached hydrogens (tertiary/aromatic N) is 3. The minimum Gasteiger partial charge on any atom is -0.379 e. The fourth-order valence-electron chi connectivity index (χ4n) is 4.94. The van der Waals surface area contributed by atoms with Gasteiger partial charge >= 0.3 is 0 Å². The second-order valence-electron chi connectivity index (χ2n) is 10.6. The number of hydrogen-bond donors (Lipinski definition) is 1. The number of carbonyl (C=O) groups is 2. The minimum absolute atomic E-state index is 0.00354. The number of amides is 2. The predicted octanol–water partition coefficient (Wildman–Crippen LogP) is 2.68. The fourth-order valence-corrected chi connectivity index (χ4v) is 5.67. The molecule has 2 amide bonds. The Labute approximate surface area is 253 Å². The molecule has 1 heterocycles. The number of sulfonamides is 1. The molecule has 0 bridgehead atoms. The Bertz CT molecular complexity index is 1420. The SMILES string of the molecule is CS(=O)(=O)N(CC(=O)N(Cc1ccc(F)cc1)[C@@H](Cc1ccccc1)C(=O)NCCN1CCOCC1)Cc1ccccc1. The second kappa shape index (κ2) is 15.7. The van der Waals surface area contributed by atoms with E-state index in [0.29, 0.717) is 31.9 Å². The zero-order chi connectivity index (χ0) is 30.7. The highest BCUT2D eigenvalue weighted by Crippen LogP contribution is 2.17. The van der Waals surface area contributed by atoms with E-state index in [-0.39, 0.29) is 25.4 Å². The fraction of sp³-hybridized carbons (Fsp3) is 0.375. The Kier molecular flexibility index (Phi) is 11.8. The maximum Gasteiger partial charge on any atom is 0.243 e. The summed E-state index contributed by atoms with van der Waals surface area (Å²) in [5, 5.41) is 3.00. The normalized spacial score (nSPS) is 14.8. The van der Waals surface area contributed by atoms with Gasteiger partial charge in [-0.2, -0.15) is 4.31 Å². The van der Waals surface area contributed by atoms with Crippen molar-refractivity contribution in [1.82, 2.24) is 19.4 Å². The van der Waals surface area contributed by atoms with Crippen LogP contribution in [0.3, 0.4) is 0 Å². The first kappa shape index (κ1) is 32.3. The molecule has 9 nitrogen and oxygen atoms in total. The number of morpholine rings is 1. The number of benzene rings is 3. The third kappa shape index (κ3) is 10.2. The van der Waals surface area contributed by atoms with Gasteiger partial charge in [-0.1, -0.05) is 72.8 Å². The predicted molar refractivity (Wildman–Crippen MR) is 163 cm³/mol. The molecule has 1 aliphatic heterocycles. The number of carbonyl (C=O) groups excluding carboxylic acids is 2. The van der Waals surface area contributed by atoms with E-state index < -0.39 is 34.3 Å². The summed E-state index contributed by atoms with van der Waals surface area (Å²) in [6, 6.07) is 23.1. The van der Waals surface area contributed by atoms with Crippen LogP contribution in [-0.4, -0.2) is 92.6 Å². The lowest BCUT2D eigenvalue weighted by molar-refractivity contribution is -0.141. The largest absolute Gasteiger partial charge is 0.379 e. The van der Waals surface area contributed by atoms with Gasteiger partial charge in [0, 0.05) is 45.7 Å². The third-order valence-corrected chi connectivity index (χ3v) is 8.55. The van der Waals surface area contributed by atoms with E-state index in [4.69, 9.17) is 4.74 Å². The summed E-state index contributed by atoms with van der Waals surface area (Å²) in [5.74, 6) is -1.30. The Balaban J connectivity index is 1.61. The van der Waals surface area contributed by atoms with Gasteiger partial charge in [0.15, 0.2) is 0 Å². The molecular formula is C32H39FN4O5S. The minimum atomic E-state index is -3.78. The van der Waals surface area contributed by atoms with Gasteiger partial charge in [0.2, 0.25) is 21.8 Å². The van der Waals surface area contributed by atoms with Crippen LogP contribution in [0.15, 0.2) is 84.9 Å². The molecule has 11 heteroatoms. The number of rotatable bonds is 14. The van der Waals surface area contributed by atoms with E-state index in [0.717, 1.165) is 34.8 Å². The standard InChI is InChI=1S/C32H39FN4O5S/c1-43(40,41)36(23-27-10-6-3-7-11-27)25-31(38)37(24-28-12-14-29(33)15-13-28)30(22-26-8-4-2-5-9-26)32(39)34-16-17-35-18-20-42-21-19-35/h2-15,30H,16-25H2,1H3,(H,34,39)/t30-/m0/s1. The van der Waals surface area contributed by atoms with Gasteiger partial charge < -0.3 is 15.0 Å². The topological polar surface area (TPSA) is 99.3 Å². The molecule has 1 N–H and O–H groups in total. The van der Waals surface area contributed by atoms with Crippen molar-refractivity contribution in [2.45, 2.75) is 25.6 Å². The van der Waals surface area contributed by atoms with E-state index >= 15 is 0 Å². The molecule has 1 aliphatic rings. The monoisotopic (exact) mass is 610 g/mol. The van der Waals surface area contributed by atoms with Gasteiger partial charge in [0.25, 0.3) is 0 Å². The number of halogens is 1. The Morgan fingerprint density at radius 2 is 1.47 bits per heavy atom. The number of ether oxygens (including phenoxy) is 1. The summed E-state index contributed by atoms with van der Waals surface area (Å²) in [4.78, 5) is 31.5. The first-order valence-corrected chi connectivity index (χ1v) is 16.2.